The summed E-state index contributed by atoms with van der Waals surface area (Å²) in [6.45, 7) is 3.14. The van der Waals surface area contributed by atoms with Crippen molar-refractivity contribution in [1.82, 2.24) is 0 Å². The van der Waals surface area contributed by atoms with Crippen LogP contribution in [-0.2, 0) is 0 Å². The van der Waals surface area contributed by atoms with Crippen LogP contribution in [-0.4, -0.2) is 18.2 Å². The molecule has 0 bridgehead atoms. The molecule has 0 saturated heterocycles. The maximum atomic E-state index is 9.87. The quantitative estimate of drug-likeness (QED) is 0.821. The summed E-state index contributed by atoms with van der Waals surface area (Å²) in [6.07, 6.45) is 7.35. The molecule has 0 radical (unpaired) electrons. The number of terminal acetylenes is 1. The SMILES string of the molecule is C#CCN(CC1CC1)c1cc(C#N)ccc1[C@@H](C)O. The fraction of sp³-hybridized carbons (Fsp3) is 0.438. The van der Waals surface area contributed by atoms with Crippen molar-refractivity contribution in [3.63, 3.8) is 0 Å². The molecule has 1 fully saturated rings. The molecule has 0 spiro atoms. The third kappa shape index (κ3) is 3.28. The van der Waals surface area contributed by atoms with Crippen LogP contribution in [0.25, 0.3) is 0 Å². The van der Waals surface area contributed by atoms with Gasteiger partial charge in [0.15, 0.2) is 0 Å². The lowest BCUT2D eigenvalue weighted by Crippen LogP contribution is -2.27. The van der Waals surface area contributed by atoms with Crippen molar-refractivity contribution in [3.05, 3.63) is 29.3 Å². The van der Waals surface area contributed by atoms with Gasteiger partial charge in [0, 0.05) is 17.8 Å². The molecular weight excluding hydrogens is 236 g/mol. The van der Waals surface area contributed by atoms with E-state index in [1.54, 1.807) is 13.0 Å². The van der Waals surface area contributed by atoms with Crippen molar-refractivity contribution in [2.24, 2.45) is 5.92 Å². The smallest absolute Gasteiger partial charge is 0.0992 e. The average molecular weight is 254 g/mol. The summed E-state index contributed by atoms with van der Waals surface area (Å²) in [7, 11) is 0. The van der Waals surface area contributed by atoms with E-state index in [0.717, 1.165) is 17.8 Å². The minimum atomic E-state index is -0.567. The van der Waals surface area contributed by atoms with Crippen molar-refractivity contribution < 1.29 is 5.11 Å². The summed E-state index contributed by atoms with van der Waals surface area (Å²) in [5, 5.41) is 18.9. The number of aliphatic hydroxyl groups is 1. The van der Waals surface area contributed by atoms with Gasteiger partial charge >= 0.3 is 0 Å². The van der Waals surface area contributed by atoms with E-state index in [4.69, 9.17) is 11.7 Å². The highest BCUT2D eigenvalue weighted by atomic mass is 16.3. The van der Waals surface area contributed by atoms with Gasteiger partial charge in [-0.2, -0.15) is 5.26 Å². The maximum Gasteiger partial charge on any atom is 0.0992 e. The highest BCUT2D eigenvalue weighted by molar-refractivity contribution is 5.59. The van der Waals surface area contributed by atoms with Crippen LogP contribution < -0.4 is 4.90 Å². The number of benzene rings is 1. The lowest BCUT2D eigenvalue weighted by Gasteiger charge is -2.26. The minimum Gasteiger partial charge on any atom is -0.389 e. The summed E-state index contributed by atoms with van der Waals surface area (Å²) in [4.78, 5) is 2.10. The monoisotopic (exact) mass is 254 g/mol. The molecular formula is C16H18N2O. The molecule has 0 aromatic heterocycles. The Kier molecular flexibility index (Phi) is 4.10. The zero-order valence-corrected chi connectivity index (χ0v) is 11.1. The van der Waals surface area contributed by atoms with Crippen molar-refractivity contribution >= 4 is 5.69 Å². The van der Waals surface area contributed by atoms with E-state index in [1.807, 2.05) is 12.1 Å². The second-order valence-electron chi connectivity index (χ2n) is 5.09. The number of aliphatic hydroxyl groups excluding tert-OH is 1. The van der Waals surface area contributed by atoms with Gasteiger partial charge in [0.1, 0.15) is 0 Å². The van der Waals surface area contributed by atoms with Crippen molar-refractivity contribution in [3.8, 4) is 18.4 Å². The van der Waals surface area contributed by atoms with E-state index in [-0.39, 0.29) is 0 Å². The first-order valence-corrected chi connectivity index (χ1v) is 6.56. The van der Waals surface area contributed by atoms with Crippen molar-refractivity contribution in [2.75, 3.05) is 18.0 Å². The highest BCUT2D eigenvalue weighted by Gasteiger charge is 2.25. The molecule has 1 N–H and O–H groups in total. The largest absolute Gasteiger partial charge is 0.389 e. The first kappa shape index (κ1) is 13.5. The van der Waals surface area contributed by atoms with Crippen LogP contribution in [0, 0.1) is 29.6 Å². The fourth-order valence-electron chi connectivity index (χ4n) is 2.21. The molecule has 0 amide bonds. The molecule has 0 unspecified atom stereocenters. The Balaban J connectivity index is 2.37. The number of anilines is 1. The topological polar surface area (TPSA) is 47.3 Å². The third-order valence-corrected chi connectivity index (χ3v) is 3.41. The first-order valence-electron chi connectivity index (χ1n) is 6.56. The van der Waals surface area contributed by atoms with Gasteiger partial charge in [-0.15, -0.1) is 6.42 Å². The lowest BCUT2D eigenvalue weighted by molar-refractivity contribution is 0.199. The standard InChI is InChI=1S/C16H18N2O/c1-3-8-18(11-13-4-5-13)16-9-14(10-17)6-7-15(16)12(2)19/h1,6-7,9,12-13,19H,4-5,8,11H2,2H3/t12-/m1/s1. The molecule has 0 heterocycles. The Labute approximate surface area is 114 Å². The van der Waals surface area contributed by atoms with Gasteiger partial charge < -0.3 is 10.0 Å². The highest BCUT2D eigenvalue weighted by Crippen LogP contribution is 2.34. The molecule has 1 atom stereocenters. The van der Waals surface area contributed by atoms with E-state index in [9.17, 15) is 5.11 Å². The van der Waals surface area contributed by atoms with Crippen LogP contribution in [0.2, 0.25) is 0 Å². The van der Waals surface area contributed by atoms with E-state index in [1.165, 1.54) is 12.8 Å². The molecule has 3 heteroatoms. The van der Waals surface area contributed by atoms with E-state index in [2.05, 4.69) is 16.9 Å². The van der Waals surface area contributed by atoms with Crippen LogP contribution in [0.5, 0.6) is 0 Å². The number of nitriles is 1. The van der Waals surface area contributed by atoms with Crippen LogP contribution in [0.4, 0.5) is 5.69 Å². The summed E-state index contributed by atoms with van der Waals surface area (Å²) >= 11 is 0. The number of hydrogen-bond acceptors (Lipinski definition) is 3. The minimum absolute atomic E-state index is 0.505. The molecule has 2 rings (SSSR count). The summed E-state index contributed by atoms with van der Waals surface area (Å²) in [6, 6.07) is 7.51. The Morgan fingerprint density at radius 2 is 2.26 bits per heavy atom. The Hall–Kier alpha value is -1.97. The van der Waals surface area contributed by atoms with E-state index >= 15 is 0 Å². The first-order chi connectivity index (χ1) is 9.15. The maximum absolute atomic E-state index is 9.87. The lowest BCUT2D eigenvalue weighted by atomic mass is 10.0. The molecule has 98 valence electrons. The zero-order valence-electron chi connectivity index (χ0n) is 11.1. The fourth-order valence-corrected chi connectivity index (χ4v) is 2.21. The van der Waals surface area contributed by atoms with Gasteiger partial charge in [0.25, 0.3) is 0 Å². The van der Waals surface area contributed by atoms with Gasteiger partial charge in [-0.25, -0.2) is 0 Å². The Morgan fingerprint density at radius 1 is 1.53 bits per heavy atom. The molecule has 1 aliphatic carbocycles. The van der Waals surface area contributed by atoms with Crippen LogP contribution in [0.3, 0.4) is 0 Å². The molecule has 1 saturated carbocycles. The number of nitrogens with zero attached hydrogens (tertiary/aromatic N) is 2. The van der Waals surface area contributed by atoms with Crippen LogP contribution in [0.1, 0.15) is 37.0 Å². The van der Waals surface area contributed by atoms with Crippen LogP contribution in [0.15, 0.2) is 18.2 Å². The van der Waals surface area contributed by atoms with Gasteiger partial charge in [0.05, 0.1) is 24.3 Å². The predicted octanol–water partition coefficient (Wildman–Crippen LogP) is 2.46. The molecule has 1 aromatic carbocycles. The Morgan fingerprint density at radius 3 is 2.79 bits per heavy atom. The summed E-state index contributed by atoms with van der Waals surface area (Å²) in [5.41, 5.74) is 2.31. The van der Waals surface area contributed by atoms with Gasteiger partial charge in [-0.1, -0.05) is 12.0 Å². The van der Waals surface area contributed by atoms with Crippen molar-refractivity contribution in [1.29, 1.82) is 5.26 Å². The number of hydrogen-bond donors (Lipinski definition) is 1. The second kappa shape index (κ2) is 5.78. The third-order valence-electron chi connectivity index (χ3n) is 3.41. The van der Waals surface area contributed by atoms with Gasteiger partial charge in [-0.05, 0) is 37.8 Å². The molecule has 19 heavy (non-hydrogen) atoms. The average Bonchev–Trinajstić information content (AvgIpc) is 3.21. The molecule has 3 nitrogen and oxygen atoms in total. The Bertz CT molecular complexity index is 533. The van der Waals surface area contributed by atoms with Crippen LogP contribution >= 0.6 is 0 Å². The van der Waals surface area contributed by atoms with Crippen molar-refractivity contribution in [2.45, 2.75) is 25.9 Å². The summed E-state index contributed by atoms with van der Waals surface area (Å²) < 4.78 is 0. The normalized spacial score (nSPS) is 15.4. The summed E-state index contributed by atoms with van der Waals surface area (Å²) in [5.74, 6) is 3.36. The zero-order chi connectivity index (χ0) is 13.8. The van der Waals surface area contributed by atoms with E-state index in [0.29, 0.717) is 18.0 Å². The molecule has 1 aromatic rings. The number of rotatable bonds is 5. The molecule has 1 aliphatic rings. The van der Waals surface area contributed by atoms with Gasteiger partial charge in [0.2, 0.25) is 0 Å². The predicted molar refractivity (Wildman–Crippen MR) is 75.6 cm³/mol. The second-order valence-corrected chi connectivity index (χ2v) is 5.09. The van der Waals surface area contributed by atoms with E-state index < -0.39 is 6.10 Å². The molecule has 0 aliphatic heterocycles. The van der Waals surface area contributed by atoms with Gasteiger partial charge in [-0.3, -0.25) is 0 Å².